The standard InChI is InChI=1S/C30H34O2/c1-5-7-9-21-11-15-25-23(19-21)13-17-27(31-3)29(25)30-26-16-12-22(10-8-6-2)20-24(26)14-18-28(30)32-4/h11-20H,5-10H2,1-4H3. The van der Waals surface area contributed by atoms with Gasteiger partial charge in [0, 0.05) is 11.1 Å². The van der Waals surface area contributed by atoms with E-state index in [9.17, 15) is 0 Å². The molecule has 0 aromatic heterocycles. The van der Waals surface area contributed by atoms with Crippen LogP contribution in [0.4, 0.5) is 0 Å². The van der Waals surface area contributed by atoms with E-state index in [0.717, 1.165) is 35.5 Å². The van der Waals surface area contributed by atoms with E-state index < -0.39 is 0 Å². The van der Waals surface area contributed by atoms with Crippen LogP contribution < -0.4 is 9.47 Å². The Morgan fingerprint density at radius 3 is 1.38 bits per heavy atom. The molecule has 0 atom stereocenters. The largest absolute Gasteiger partial charge is 0.496 e. The van der Waals surface area contributed by atoms with Crippen LogP contribution in [0.3, 0.4) is 0 Å². The second-order valence-corrected chi connectivity index (χ2v) is 8.60. The molecule has 0 aliphatic rings. The average Bonchev–Trinajstić information content (AvgIpc) is 2.84. The van der Waals surface area contributed by atoms with Gasteiger partial charge in [0.25, 0.3) is 0 Å². The van der Waals surface area contributed by atoms with Gasteiger partial charge in [-0.05, 0) is 70.5 Å². The summed E-state index contributed by atoms with van der Waals surface area (Å²) in [5.74, 6) is 1.75. The fourth-order valence-electron chi connectivity index (χ4n) is 4.65. The maximum Gasteiger partial charge on any atom is 0.127 e. The molecule has 0 fully saturated rings. The van der Waals surface area contributed by atoms with E-state index in [1.54, 1.807) is 14.2 Å². The first-order valence-electron chi connectivity index (χ1n) is 11.9. The summed E-state index contributed by atoms with van der Waals surface area (Å²) < 4.78 is 11.7. The van der Waals surface area contributed by atoms with Gasteiger partial charge < -0.3 is 9.47 Å². The van der Waals surface area contributed by atoms with Crippen molar-refractivity contribution in [3.05, 3.63) is 71.8 Å². The highest BCUT2D eigenvalue weighted by Gasteiger charge is 2.18. The van der Waals surface area contributed by atoms with E-state index in [2.05, 4.69) is 74.5 Å². The number of benzene rings is 4. The van der Waals surface area contributed by atoms with Crippen molar-refractivity contribution < 1.29 is 9.47 Å². The molecule has 0 bridgehead atoms. The summed E-state index contributed by atoms with van der Waals surface area (Å²) in [7, 11) is 3.50. The van der Waals surface area contributed by atoms with Crippen LogP contribution in [-0.4, -0.2) is 14.2 Å². The van der Waals surface area contributed by atoms with Gasteiger partial charge in [-0.3, -0.25) is 0 Å². The van der Waals surface area contributed by atoms with Crippen LogP contribution in [0.2, 0.25) is 0 Å². The number of hydrogen-bond donors (Lipinski definition) is 0. The Bertz CT molecular complexity index is 1130. The van der Waals surface area contributed by atoms with Gasteiger partial charge in [-0.25, -0.2) is 0 Å². The summed E-state index contributed by atoms with van der Waals surface area (Å²) in [6.45, 7) is 4.48. The van der Waals surface area contributed by atoms with E-state index in [1.165, 1.54) is 58.4 Å². The first kappa shape index (κ1) is 22.2. The van der Waals surface area contributed by atoms with Crippen molar-refractivity contribution >= 4 is 21.5 Å². The van der Waals surface area contributed by atoms with Crippen LogP contribution in [0.1, 0.15) is 50.7 Å². The maximum atomic E-state index is 5.87. The molecular weight excluding hydrogens is 392 g/mol. The molecule has 0 amide bonds. The highest BCUT2D eigenvalue weighted by Crippen LogP contribution is 2.45. The van der Waals surface area contributed by atoms with Crippen molar-refractivity contribution in [1.82, 2.24) is 0 Å². The Balaban J connectivity index is 1.96. The highest BCUT2D eigenvalue weighted by molar-refractivity contribution is 6.10. The lowest BCUT2D eigenvalue weighted by molar-refractivity contribution is 0.411. The third kappa shape index (κ3) is 4.32. The number of fused-ring (bicyclic) bond motifs is 2. The predicted octanol–water partition coefficient (Wildman–Crippen LogP) is 8.36. The van der Waals surface area contributed by atoms with Gasteiger partial charge in [0.1, 0.15) is 11.5 Å². The van der Waals surface area contributed by atoms with Crippen LogP contribution in [-0.2, 0) is 12.8 Å². The SMILES string of the molecule is CCCCc1ccc2c(-c3c(OC)ccc4cc(CCCC)ccc34)c(OC)ccc2c1. The number of hydrogen-bond acceptors (Lipinski definition) is 2. The van der Waals surface area contributed by atoms with Crippen molar-refractivity contribution in [3.63, 3.8) is 0 Å². The predicted molar refractivity (Wildman–Crippen MR) is 137 cm³/mol. The minimum absolute atomic E-state index is 0.875. The molecule has 2 nitrogen and oxygen atoms in total. The molecule has 2 heteroatoms. The quantitative estimate of drug-likeness (QED) is 0.268. The Morgan fingerprint density at radius 1 is 0.562 bits per heavy atom. The van der Waals surface area contributed by atoms with Gasteiger partial charge in [-0.2, -0.15) is 0 Å². The minimum atomic E-state index is 0.875. The van der Waals surface area contributed by atoms with Gasteiger partial charge in [0.2, 0.25) is 0 Å². The zero-order valence-corrected chi connectivity index (χ0v) is 19.8. The summed E-state index contributed by atoms with van der Waals surface area (Å²) in [5.41, 5.74) is 4.99. The number of aryl methyl sites for hydroxylation is 2. The Hall–Kier alpha value is -3.00. The fourth-order valence-corrected chi connectivity index (χ4v) is 4.65. The molecule has 0 spiro atoms. The molecule has 4 rings (SSSR count). The minimum Gasteiger partial charge on any atom is -0.496 e. The molecule has 166 valence electrons. The molecule has 0 saturated heterocycles. The number of unbranched alkanes of at least 4 members (excludes halogenated alkanes) is 2. The van der Waals surface area contributed by atoms with Crippen LogP contribution >= 0.6 is 0 Å². The molecular formula is C30H34O2. The molecule has 32 heavy (non-hydrogen) atoms. The fraction of sp³-hybridized carbons (Fsp3) is 0.333. The van der Waals surface area contributed by atoms with Crippen molar-refractivity contribution in [3.8, 4) is 22.6 Å². The molecule has 0 saturated carbocycles. The van der Waals surface area contributed by atoms with Gasteiger partial charge in [-0.1, -0.05) is 75.2 Å². The van der Waals surface area contributed by atoms with E-state index in [1.807, 2.05) is 0 Å². The zero-order valence-electron chi connectivity index (χ0n) is 19.8. The summed E-state index contributed by atoms with van der Waals surface area (Å²) in [6.07, 6.45) is 7.08. The Labute approximate surface area is 192 Å². The van der Waals surface area contributed by atoms with E-state index in [4.69, 9.17) is 9.47 Å². The Morgan fingerprint density at radius 2 is 1.00 bits per heavy atom. The molecule has 4 aromatic carbocycles. The summed E-state index contributed by atoms with van der Waals surface area (Å²) in [4.78, 5) is 0. The maximum absolute atomic E-state index is 5.87. The Kier molecular flexibility index (Phi) is 6.99. The molecule has 0 unspecified atom stereocenters. The normalized spacial score (nSPS) is 11.2. The lowest BCUT2D eigenvalue weighted by atomic mass is 9.90. The first-order chi connectivity index (χ1) is 15.7. The molecule has 0 radical (unpaired) electrons. The summed E-state index contributed by atoms with van der Waals surface area (Å²) in [5, 5.41) is 4.89. The third-order valence-corrected chi connectivity index (χ3v) is 6.42. The van der Waals surface area contributed by atoms with Crippen molar-refractivity contribution in [2.45, 2.75) is 52.4 Å². The van der Waals surface area contributed by atoms with Crippen molar-refractivity contribution in [1.29, 1.82) is 0 Å². The molecule has 0 aliphatic heterocycles. The van der Waals surface area contributed by atoms with Crippen LogP contribution in [0.5, 0.6) is 11.5 Å². The van der Waals surface area contributed by atoms with Crippen molar-refractivity contribution in [2.75, 3.05) is 14.2 Å². The molecule has 0 aliphatic carbocycles. The van der Waals surface area contributed by atoms with Gasteiger partial charge in [0.15, 0.2) is 0 Å². The number of rotatable bonds is 9. The number of methoxy groups -OCH3 is 2. The lowest BCUT2D eigenvalue weighted by Gasteiger charge is -2.18. The molecule has 4 aromatic rings. The van der Waals surface area contributed by atoms with E-state index in [-0.39, 0.29) is 0 Å². The van der Waals surface area contributed by atoms with Gasteiger partial charge in [0.05, 0.1) is 14.2 Å². The summed E-state index contributed by atoms with van der Waals surface area (Å²) >= 11 is 0. The first-order valence-corrected chi connectivity index (χ1v) is 11.9. The zero-order chi connectivity index (χ0) is 22.5. The van der Waals surface area contributed by atoms with Crippen LogP contribution in [0, 0.1) is 0 Å². The molecule has 0 N–H and O–H groups in total. The topological polar surface area (TPSA) is 18.5 Å². The lowest BCUT2D eigenvalue weighted by Crippen LogP contribution is -1.96. The smallest absolute Gasteiger partial charge is 0.127 e. The van der Waals surface area contributed by atoms with Crippen molar-refractivity contribution in [2.24, 2.45) is 0 Å². The van der Waals surface area contributed by atoms with Crippen LogP contribution in [0.25, 0.3) is 32.7 Å². The van der Waals surface area contributed by atoms with E-state index >= 15 is 0 Å². The highest BCUT2D eigenvalue weighted by atomic mass is 16.5. The van der Waals surface area contributed by atoms with E-state index in [0.29, 0.717) is 0 Å². The third-order valence-electron chi connectivity index (χ3n) is 6.42. The number of ether oxygens (including phenoxy) is 2. The average molecular weight is 427 g/mol. The summed E-state index contributed by atoms with van der Waals surface area (Å²) in [6, 6.07) is 22.2. The van der Waals surface area contributed by atoms with Gasteiger partial charge in [-0.15, -0.1) is 0 Å². The second kappa shape index (κ2) is 10.1. The second-order valence-electron chi connectivity index (χ2n) is 8.60. The van der Waals surface area contributed by atoms with Crippen LogP contribution in [0.15, 0.2) is 60.7 Å². The monoisotopic (exact) mass is 426 g/mol. The van der Waals surface area contributed by atoms with Gasteiger partial charge >= 0.3 is 0 Å². The molecule has 0 heterocycles.